The van der Waals surface area contributed by atoms with Crippen LogP contribution in [0.3, 0.4) is 0 Å². The number of amides is 1. The van der Waals surface area contributed by atoms with Crippen LogP contribution in [0.4, 0.5) is 5.69 Å². The molecule has 1 atom stereocenters. The standard InChI is InChI=1S/C13H16BrN3O3/c1-16-8-11(2-3-13(16)18)15-7-9-4-10(14)6-12(5-9)17(19)20/h4-6,11,15H,2-3,7-8H2,1H3. The topological polar surface area (TPSA) is 75.5 Å². The fourth-order valence-electron chi connectivity index (χ4n) is 2.28. The van der Waals surface area contributed by atoms with Crippen LogP contribution in [0, 0.1) is 10.1 Å². The Bertz CT molecular complexity index is 536. The smallest absolute Gasteiger partial charge is 0.270 e. The Morgan fingerprint density at radius 3 is 2.90 bits per heavy atom. The molecule has 1 heterocycles. The van der Waals surface area contributed by atoms with Gasteiger partial charge in [-0.2, -0.15) is 0 Å². The number of hydrogen-bond acceptors (Lipinski definition) is 4. The van der Waals surface area contributed by atoms with Crippen molar-refractivity contribution in [1.82, 2.24) is 10.2 Å². The molecule has 1 fully saturated rings. The summed E-state index contributed by atoms with van der Waals surface area (Å²) >= 11 is 3.28. The number of nitrogens with one attached hydrogen (secondary N) is 1. The highest BCUT2D eigenvalue weighted by molar-refractivity contribution is 9.10. The number of piperidine rings is 1. The lowest BCUT2D eigenvalue weighted by Crippen LogP contribution is -2.46. The number of benzene rings is 1. The fourth-order valence-corrected chi connectivity index (χ4v) is 2.81. The average molecular weight is 342 g/mol. The van der Waals surface area contributed by atoms with Gasteiger partial charge in [-0.25, -0.2) is 0 Å². The van der Waals surface area contributed by atoms with Crippen molar-refractivity contribution in [3.05, 3.63) is 38.3 Å². The summed E-state index contributed by atoms with van der Waals surface area (Å²) in [6.45, 7) is 1.22. The van der Waals surface area contributed by atoms with Crippen LogP contribution < -0.4 is 5.32 Å². The van der Waals surface area contributed by atoms with Crippen molar-refractivity contribution in [3.63, 3.8) is 0 Å². The van der Waals surface area contributed by atoms with Crippen LogP contribution in [-0.4, -0.2) is 35.4 Å². The zero-order valence-electron chi connectivity index (χ0n) is 11.1. The van der Waals surface area contributed by atoms with Gasteiger partial charge < -0.3 is 10.2 Å². The molecule has 2 rings (SSSR count). The second-order valence-electron chi connectivity index (χ2n) is 4.97. The molecule has 1 aromatic rings. The third kappa shape index (κ3) is 3.77. The van der Waals surface area contributed by atoms with Crippen LogP contribution in [0.25, 0.3) is 0 Å². The van der Waals surface area contributed by atoms with E-state index in [9.17, 15) is 14.9 Å². The molecular weight excluding hydrogens is 326 g/mol. The van der Waals surface area contributed by atoms with Crippen molar-refractivity contribution in [1.29, 1.82) is 0 Å². The second kappa shape index (κ2) is 6.32. The fraction of sp³-hybridized carbons (Fsp3) is 0.462. The average Bonchev–Trinajstić information content (AvgIpc) is 2.39. The predicted molar refractivity (Wildman–Crippen MR) is 78.3 cm³/mol. The first-order chi connectivity index (χ1) is 9.45. The number of carbonyl (C=O) groups excluding carboxylic acids is 1. The number of likely N-dealkylation sites (tertiary alicyclic amines) is 1. The number of hydrogen-bond donors (Lipinski definition) is 1. The van der Waals surface area contributed by atoms with Gasteiger partial charge in [0.15, 0.2) is 0 Å². The Labute approximate surface area is 125 Å². The zero-order chi connectivity index (χ0) is 14.7. The molecule has 0 saturated carbocycles. The molecule has 0 aliphatic carbocycles. The van der Waals surface area contributed by atoms with Crippen LogP contribution >= 0.6 is 15.9 Å². The Morgan fingerprint density at radius 1 is 1.50 bits per heavy atom. The van der Waals surface area contributed by atoms with Crippen molar-refractivity contribution in [2.75, 3.05) is 13.6 Å². The summed E-state index contributed by atoms with van der Waals surface area (Å²) in [4.78, 5) is 23.5. The molecule has 6 nitrogen and oxygen atoms in total. The van der Waals surface area contributed by atoms with E-state index in [1.807, 2.05) is 6.07 Å². The van der Waals surface area contributed by atoms with Gasteiger partial charge in [0, 0.05) is 49.2 Å². The van der Waals surface area contributed by atoms with Gasteiger partial charge in [0.2, 0.25) is 5.91 Å². The number of halogens is 1. The summed E-state index contributed by atoms with van der Waals surface area (Å²) in [5, 5.41) is 14.2. The number of carbonyl (C=O) groups is 1. The van der Waals surface area contributed by atoms with Crippen LogP contribution in [0.5, 0.6) is 0 Å². The normalized spacial score (nSPS) is 19.2. The Morgan fingerprint density at radius 2 is 2.25 bits per heavy atom. The minimum atomic E-state index is -0.401. The maximum absolute atomic E-state index is 11.4. The minimum absolute atomic E-state index is 0.0760. The monoisotopic (exact) mass is 341 g/mol. The Hall–Kier alpha value is -1.47. The molecule has 1 amide bonds. The zero-order valence-corrected chi connectivity index (χ0v) is 12.7. The van der Waals surface area contributed by atoms with Gasteiger partial charge in [-0.1, -0.05) is 15.9 Å². The summed E-state index contributed by atoms with van der Waals surface area (Å²) in [6.07, 6.45) is 1.35. The van der Waals surface area contributed by atoms with E-state index in [0.717, 1.165) is 12.0 Å². The van der Waals surface area contributed by atoms with Gasteiger partial charge in [0.05, 0.1) is 4.92 Å². The van der Waals surface area contributed by atoms with Crippen LogP contribution in [0.1, 0.15) is 18.4 Å². The maximum atomic E-state index is 11.4. The highest BCUT2D eigenvalue weighted by Crippen LogP contribution is 2.21. The molecule has 1 unspecified atom stereocenters. The van der Waals surface area contributed by atoms with Gasteiger partial charge in [-0.05, 0) is 18.1 Å². The number of non-ortho nitro benzene ring substituents is 1. The summed E-state index contributed by atoms with van der Waals surface area (Å²) in [5.74, 6) is 0.168. The van der Waals surface area contributed by atoms with E-state index >= 15 is 0 Å². The lowest BCUT2D eigenvalue weighted by atomic mass is 10.1. The van der Waals surface area contributed by atoms with E-state index in [4.69, 9.17) is 0 Å². The van der Waals surface area contributed by atoms with E-state index < -0.39 is 4.92 Å². The molecular formula is C13H16BrN3O3. The van der Waals surface area contributed by atoms with Crippen LogP contribution in [-0.2, 0) is 11.3 Å². The van der Waals surface area contributed by atoms with E-state index in [1.54, 1.807) is 18.0 Å². The van der Waals surface area contributed by atoms with Crippen molar-refractivity contribution in [2.24, 2.45) is 0 Å². The highest BCUT2D eigenvalue weighted by atomic mass is 79.9. The molecule has 0 bridgehead atoms. The molecule has 1 aliphatic heterocycles. The molecule has 1 aliphatic rings. The van der Waals surface area contributed by atoms with E-state index in [0.29, 0.717) is 24.0 Å². The molecule has 20 heavy (non-hydrogen) atoms. The van der Waals surface area contributed by atoms with Crippen molar-refractivity contribution in [2.45, 2.75) is 25.4 Å². The lowest BCUT2D eigenvalue weighted by molar-refractivity contribution is -0.385. The first kappa shape index (κ1) is 14.9. The number of nitro benzene ring substituents is 1. The van der Waals surface area contributed by atoms with E-state index in [-0.39, 0.29) is 17.6 Å². The SMILES string of the molecule is CN1CC(NCc2cc(Br)cc([N+](=O)[O-])c2)CCC1=O. The predicted octanol–water partition coefficient (Wildman–Crippen LogP) is 2.07. The van der Waals surface area contributed by atoms with Crippen LogP contribution in [0.2, 0.25) is 0 Å². The number of likely N-dealkylation sites (N-methyl/N-ethyl adjacent to an activating group) is 1. The molecule has 0 aromatic heterocycles. The molecule has 0 spiro atoms. The molecule has 0 radical (unpaired) electrons. The highest BCUT2D eigenvalue weighted by Gasteiger charge is 2.22. The molecule has 108 valence electrons. The quantitative estimate of drug-likeness (QED) is 0.671. The number of nitrogens with zero attached hydrogens (tertiary/aromatic N) is 2. The van der Waals surface area contributed by atoms with E-state index in [2.05, 4.69) is 21.2 Å². The summed E-state index contributed by atoms with van der Waals surface area (Å²) in [7, 11) is 1.79. The molecule has 1 saturated heterocycles. The Balaban J connectivity index is 1.97. The van der Waals surface area contributed by atoms with Crippen molar-refractivity contribution < 1.29 is 9.72 Å². The van der Waals surface area contributed by atoms with Crippen LogP contribution in [0.15, 0.2) is 22.7 Å². The van der Waals surface area contributed by atoms with Crippen molar-refractivity contribution in [3.8, 4) is 0 Å². The number of nitro groups is 1. The first-order valence-corrected chi connectivity index (χ1v) is 7.16. The molecule has 1 N–H and O–H groups in total. The third-order valence-corrected chi connectivity index (χ3v) is 3.83. The van der Waals surface area contributed by atoms with Gasteiger partial charge in [0.25, 0.3) is 5.69 Å². The summed E-state index contributed by atoms with van der Waals surface area (Å²) in [6, 6.07) is 5.14. The maximum Gasteiger partial charge on any atom is 0.270 e. The van der Waals surface area contributed by atoms with Crippen molar-refractivity contribution >= 4 is 27.5 Å². The third-order valence-electron chi connectivity index (χ3n) is 3.37. The number of rotatable bonds is 4. The Kier molecular flexibility index (Phi) is 4.72. The lowest BCUT2D eigenvalue weighted by Gasteiger charge is -2.30. The molecule has 7 heteroatoms. The van der Waals surface area contributed by atoms with Gasteiger partial charge >= 0.3 is 0 Å². The first-order valence-electron chi connectivity index (χ1n) is 6.37. The van der Waals surface area contributed by atoms with Gasteiger partial charge in [0.1, 0.15) is 0 Å². The van der Waals surface area contributed by atoms with E-state index in [1.165, 1.54) is 6.07 Å². The minimum Gasteiger partial charge on any atom is -0.344 e. The summed E-state index contributed by atoms with van der Waals surface area (Å²) in [5.41, 5.74) is 0.928. The van der Waals surface area contributed by atoms with Gasteiger partial charge in [-0.3, -0.25) is 14.9 Å². The summed E-state index contributed by atoms with van der Waals surface area (Å²) < 4.78 is 0.694. The van der Waals surface area contributed by atoms with Gasteiger partial charge in [-0.15, -0.1) is 0 Å². The largest absolute Gasteiger partial charge is 0.344 e. The molecule has 1 aromatic carbocycles. The second-order valence-corrected chi connectivity index (χ2v) is 5.88.